The van der Waals surface area contributed by atoms with Crippen LogP contribution in [0.4, 0.5) is 5.69 Å². The third kappa shape index (κ3) is 3.61. The third-order valence-electron chi connectivity index (χ3n) is 2.97. The molecule has 1 atom stereocenters. The van der Waals surface area contributed by atoms with Crippen LogP contribution in [0.3, 0.4) is 0 Å². The van der Waals surface area contributed by atoms with E-state index in [0.29, 0.717) is 5.56 Å². The molecule has 0 aliphatic carbocycles. The van der Waals surface area contributed by atoms with Crippen molar-refractivity contribution in [3.05, 3.63) is 54.0 Å². The Morgan fingerprint density at radius 3 is 2.65 bits per heavy atom. The van der Waals surface area contributed by atoms with Crippen LogP contribution in [0.2, 0.25) is 0 Å². The summed E-state index contributed by atoms with van der Waals surface area (Å²) in [5.74, 6) is -0.187. The van der Waals surface area contributed by atoms with Crippen molar-refractivity contribution < 1.29 is 14.3 Å². The number of aliphatic hydroxyl groups excluding tert-OH is 1. The number of amides is 1. The van der Waals surface area contributed by atoms with Crippen LogP contribution in [-0.2, 0) is 0 Å². The highest BCUT2D eigenvalue weighted by Gasteiger charge is 2.08. The summed E-state index contributed by atoms with van der Waals surface area (Å²) < 4.78 is 5.05. The number of hydrogen-bond donors (Lipinski definition) is 3. The van der Waals surface area contributed by atoms with E-state index in [1.807, 2.05) is 25.1 Å². The van der Waals surface area contributed by atoms with Gasteiger partial charge in [0.15, 0.2) is 0 Å². The first kappa shape index (κ1) is 14.1. The lowest BCUT2D eigenvalue weighted by atomic mass is 10.1. The SMILES string of the molecule is CC(Nc1ccc(C(=O)NCCO)cc1)c1ccoc1. The van der Waals surface area contributed by atoms with Gasteiger partial charge in [-0.25, -0.2) is 0 Å². The molecule has 0 saturated heterocycles. The predicted molar refractivity (Wildman–Crippen MR) is 76.6 cm³/mol. The predicted octanol–water partition coefficient (Wildman–Crippen LogP) is 2.17. The summed E-state index contributed by atoms with van der Waals surface area (Å²) in [6, 6.07) is 9.24. The van der Waals surface area contributed by atoms with Gasteiger partial charge in [0.1, 0.15) is 0 Å². The minimum atomic E-state index is -0.187. The summed E-state index contributed by atoms with van der Waals surface area (Å²) in [5, 5.41) is 14.6. The van der Waals surface area contributed by atoms with E-state index in [9.17, 15) is 4.79 Å². The van der Waals surface area contributed by atoms with Gasteiger partial charge in [0, 0.05) is 23.4 Å². The highest BCUT2D eigenvalue weighted by atomic mass is 16.3. The monoisotopic (exact) mass is 274 g/mol. The quantitative estimate of drug-likeness (QED) is 0.754. The van der Waals surface area contributed by atoms with E-state index in [-0.39, 0.29) is 25.1 Å². The summed E-state index contributed by atoms with van der Waals surface area (Å²) in [5.41, 5.74) is 2.56. The molecule has 2 rings (SSSR count). The summed E-state index contributed by atoms with van der Waals surface area (Å²) in [6.07, 6.45) is 3.34. The van der Waals surface area contributed by atoms with Gasteiger partial charge in [-0.2, -0.15) is 0 Å². The minimum Gasteiger partial charge on any atom is -0.472 e. The maximum atomic E-state index is 11.7. The van der Waals surface area contributed by atoms with Gasteiger partial charge in [0.25, 0.3) is 5.91 Å². The van der Waals surface area contributed by atoms with E-state index in [4.69, 9.17) is 9.52 Å². The second-order valence-electron chi connectivity index (χ2n) is 4.48. The van der Waals surface area contributed by atoms with E-state index in [0.717, 1.165) is 11.3 Å². The fourth-order valence-corrected chi connectivity index (χ4v) is 1.84. The Bertz CT molecular complexity index is 535. The van der Waals surface area contributed by atoms with Crippen LogP contribution in [0.1, 0.15) is 28.9 Å². The van der Waals surface area contributed by atoms with Gasteiger partial charge in [-0.15, -0.1) is 0 Å². The van der Waals surface area contributed by atoms with Crippen LogP contribution in [0.25, 0.3) is 0 Å². The zero-order valence-corrected chi connectivity index (χ0v) is 11.3. The van der Waals surface area contributed by atoms with Crippen molar-refractivity contribution in [2.75, 3.05) is 18.5 Å². The Hall–Kier alpha value is -2.27. The molecule has 0 aliphatic heterocycles. The van der Waals surface area contributed by atoms with Crippen LogP contribution >= 0.6 is 0 Å². The third-order valence-corrected chi connectivity index (χ3v) is 2.97. The summed E-state index contributed by atoms with van der Waals surface area (Å²) in [7, 11) is 0. The average molecular weight is 274 g/mol. The van der Waals surface area contributed by atoms with Gasteiger partial charge in [0.05, 0.1) is 25.2 Å². The van der Waals surface area contributed by atoms with Crippen molar-refractivity contribution in [2.45, 2.75) is 13.0 Å². The number of aliphatic hydroxyl groups is 1. The van der Waals surface area contributed by atoms with Crippen molar-refractivity contribution >= 4 is 11.6 Å². The summed E-state index contributed by atoms with van der Waals surface area (Å²) in [4.78, 5) is 11.7. The Morgan fingerprint density at radius 1 is 1.30 bits per heavy atom. The highest BCUT2D eigenvalue weighted by molar-refractivity contribution is 5.94. The molecular formula is C15H18N2O3. The number of anilines is 1. The summed E-state index contributed by atoms with van der Waals surface area (Å²) >= 11 is 0. The van der Waals surface area contributed by atoms with E-state index in [2.05, 4.69) is 10.6 Å². The fourth-order valence-electron chi connectivity index (χ4n) is 1.84. The second kappa shape index (κ2) is 6.77. The first-order chi connectivity index (χ1) is 9.70. The second-order valence-corrected chi connectivity index (χ2v) is 4.48. The van der Waals surface area contributed by atoms with Crippen molar-refractivity contribution in [1.82, 2.24) is 5.32 Å². The normalized spacial score (nSPS) is 11.9. The van der Waals surface area contributed by atoms with Crippen molar-refractivity contribution in [2.24, 2.45) is 0 Å². The molecule has 20 heavy (non-hydrogen) atoms. The lowest BCUT2D eigenvalue weighted by molar-refractivity contribution is 0.0945. The first-order valence-electron chi connectivity index (χ1n) is 6.48. The van der Waals surface area contributed by atoms with Crippen molar-refractivity contribution in [3.8, 4) is 0 Å². The number of rotatable bonds is 6. The molecular weight excluding hydrogens is 256 g/mol. The smallest absolute Gasteiger partial charge is 0.251 e. The van der Waals surface area contributed by atoms with Gasteiger partial charge in [-0.05, 0) is 37.3 Å². The number of nitrogens with one attached hydrogen (secondary N) is 2. The largest absolute Gasteiger partial charge is 0.472 e. The summed E-state index contributed by atoms with van der Waals surface area (Å²) in [6.45, 7) is 2.23. The number of carbonyl (C=O) groups is 1. The molecule has 106 valence electrons. The molecule has 0 saturated carbocycles. The molecule has 0 aliphatic rings. The highest BCUT2D eigenvalue weighted by Crippen LogP contribution is 2.19. The molecule has 0 fully saturated rings. The molecule has 1 aromatic carbocycles. The first-order valence-corrected chi connectivity index (χ1v) is 6.48. The maximum Gasteiger partial charge on any atom is 0.251 e. The number of hydrogen-bond acceptors (Lipinski definition) is 4. The standard InChI is InChI=1S/C15H18N2O3/c1-11(13-6-9-20-10-13)17-14-4-2-12(3-5-14)15(19)16-7-8-18/h2-6,9-11,17-18H,7-8H2,1H3,(H,16,19). The molecule has 0 bridgehead atoms. The molecule has 2 aromatic rings. The average Bonchev–Trinajstić information content (AvgIpc) is 3.00. The van der Waals surface area contributed by atoms with Gasteiger partial charge in [-0.3, -0.25) is 4.79 Å². The molecule has 1 unspecified atom stereocenters. The molecule has 3 N–H and O–H groups in total. The number of carbonyl (C=O) groups excluding carboxylic acids is 1. The Morgan fingerprint density at radius 2 is 2.05 bits per heavy atom. The molecule has 1 amide bonds. The Balaban J connectivity index is 1.96. The Labute approximate surface area is 117 Å². The fraction of sp³-hybridized carbons (Fsp3) is 0.267. The van der Waals surface area contributed by atoms with Crippen molar-refractivity contribution in [3.63, 3.8) is 0 Å². The molecule has 1 aromatic heterocycles. The van der Waals surface area contributed by atoms with Gasteiger partial charge in [-0.1, -0.05) is 0 Å². The Kier molecular flexibility index (Phi) is 4.79. The zero-order chi connectivity index (χ0) is 14.4. The minimum absolute atomic E-state index is 0.0619. The molecule has 5 nitrogen and oxygen atoms in total. The van der Waals surface area contributed by atoms with Crippen LogP contribution in [0.5, 0.6) is 0 Å². The van der Waals surface area contributed by atoms with Gasteiger partial charge in [0.2, 0.25) is 0 Å². The topological polar surface area (TPSA) is 74.5 Å². The molecule has 0 radical (unpaired) electrons. The van der Waals surface area contributed by atoms with Gasteiger partial charge < -0.3 is 20.2 Å². The zero-order valence-electron chi connectivity index (χ0n) is 11.3. The van der Waals surface area contributed by atoms with E-state index < -0.39 is 0 Å². The molecule has 0 spiro atoms. The number of furan rings is 1. The molecule has 5 heteroatoms. The van der Waals surface area contributed by atoms with Gasteiger partial charge >= 0.3 is 0 Å². The number of benzene rings is 1. The van der Waals surface area contributed by atoms with Crippen LogP contribution in [0, 0.1) is 0 Å². The van der Waals surface area contributed by atoms with Crippen molar-refractivity contribution in [1.29, 1.82) is 0 Å². The van der Waals surface area contributed by atoms with Crippen LogP contribution in [0.15, 0.2) is 47.3 Å². The maximum absolute atomic E-state index is 11.7. The molecule has 1 heterocycles. The van der Waals surface area contributed by atoms with Crippen LogP contribution in [-0.4, -0.2) is 24.2 Å². The van der Waals surface area contributed by atoms with E-state index in [1.54, 1.807) is 24.7 Å². The lowest BCUT2D eigenvalue weighted by Gasteiger charge is -2.13. The van der Waals surface area contributed by atoms with Crippen LogP contribution < -0.4 is 10.6 Å². The van der Waals surface area contributed by atoms with E-state index >= 15 is 0 Å². The van der Waals surface area contributed by atoms with E-state index in [1.165, 1.54) is 0 Å². The lowest BCUT2D eigenvalue weighted by Crippen LogP contribution is -2.26.